The van der Waals surface area contributed by atoms with Crippen molar-refractivity contribution in [3.8, 4) is 5.75 Å². The number of nitrogens with zero attached hydrogens (tertiary/aromatic N) is 2. The highest BCUT2D eigenvalue weighted by Gasteiger charge is 2.35. The van der Waals surface area contributed by atoms with Gasteiger partial charge in [0.2, 0.25) is 0 Å². The molecule has 1 aromatic rings. The minimum absolute atomic E-state index is 0.0311. The topological polar surface area (TPSA) is 67.9 Å². The molecule has 0 saturated carbocycles. The minimum Gasteiger partial charge on any atom is -0.497 e. The maximum atomic E-state index is 12.5. The highest BCUT2D eigenvalue weighted by Crippen LogP contribution is 2.29. The van der Waals surface area contributed by atoms with Gasteiger partial charge in [0.1, 0.15) is 5.75 Å². The largest absolute Gasteiger partial charge is 0.497 e. The van der Waals surface area contributed by atoms with Gasteiger partial charge in [-0.1, -0.05) is 13.0 Å². The lowest BCUT2D eigenvalue weighted by atomic mass is 9.96. The van der Waals surface area contributed by atoms with Crippen molar-refractivity contribution >= 4 is 17.3 Å². The van der Waals surface area contributed by atoms with E-state index in [0.29, 0.717) is 12.3 Å². The van der Waals surface area contributed by atoms with Crippen molar-refractivity contribution in [3.05, 3.63) is 24.3 Å². The van der Waals surface area contributed by atoms with Crippen LogP contribution in [0, 0.1) is 5.92 Å². The number of nitrogens with two attached hydrogens (primary N) is 1. The molecule has 5 nitrogen and oxygen atoms in total. The molecular formula is C15H21N3O2. The second-order valence-corrected chi connectivity index (χ2v) is 4.78. The van der Waals surface area contributed by atoms with Gasteiger partial charge in [-0.3, -0.25) is 4.79 Å². The Morgan fingerprint density at radius 1 is 1.45 bits per heavy atom. The van der Waals surface area contributed by atoms with Gasteiger partial charge in [-0.05, 0) is 37.9 Å². The van der Waals surface area contributed by atoms with Crippen LogP contribution >= 0.6 is 0 Å². The van der Waals surface area contributed by atoms with Crippen LogP contribution in [0.3, 0.4) is 0 Å². The number of methoxy groups -OCH3 is 1. The fraction of sp³-hybridized carbons (Fsp3) is 0.467. The third-order valence-electron chi connectivity index (χ3n) is 3.49. The molecule has 0 aromatic heterocycles. The average Bonchev–Trinajstić information content (AvgIpc) is 2.81. The standard InChI is InChI=1S/C15H21N3O2/c1-3-14-13(8-5-9-16)15(19)18(17-14)11-6-4-7-12(10-11)20-2/h4,6-7,10,13H,3,5,8-9,16H2,1-2H3. The second kappa shape index (κ2) is 6.52. The molecular weight excluding hydrogens is 254 g/mol. The molecule has 0 radical (unpaired) electrons. The van der Waals surface area contributed by atoms with Crippen LogP contribution in [-0.4, -0.2) is 25.3 Å². The van der Waals surface area contributed by atoms with Gasteiger partial charge in [-0.15, -0.1) is 0 Å². The zero-order chi connectivity index (χ0) is 14.5. The molecule has 1 amide bonds. The molecule has 0 saturated heterocycles. The summed E-state index contributed by atoms with van der Waals surface area (Å²) in [6.45, 7) is 2.62. The van der Waals surface area contributed by atoms with Crippen molar-refractivity contribution in [2.45, 2.75) is 26.2 Å². The third kappa shape index (κ3) is 2.82. The Bertz CT molecular complexity index is 514. The first-order valence-electron chi connectivity index (χ1n) is 6.96. The highest BCUT2D eigenvalue weighted by molar-refractivity contribution is 6.15. The second-order valence-electron chi connectivity index (χ2n) is 4.78. The Balaban J connectivity index is 2.24. The van der Waals surface area contributed by atoms with E-state index in [1.165, 1.54) is 5.01 Å². The summed E-state index contributed by atoms with van der Waals surface area (Å²) in [6, 6.07) is 7.39. The predicted octanol–water partition coefficient (Wildman–Crippen LogP) is 2.16. The molecule has 2 rings (SSSR count). The summed E-state index contributed by atoms with van der Waals surface area (Å²) in [5.41, 5.74) is 7.22. The number of hydrazone groups is 1. The van der Waals surface area contributed by atoms with Gasteiger partial charge < -0.3 is 10.5 Å². The molecule has 0 fully saturated rings. The fourth-order valence-electron chi connectivity index (χ4n) is 2.39. The maximum Gasteiger partial charge on any atom is 0.256 e. The number of amides is 1. The molecule has 1 aliphatic heterocycles. The summed E-state index contributed by atoms with van der Waals surface area (Å²) >= 11 is 0. The van der Waals surface area contributed by atoms with Crippen LogP contribution in [0.1, 0.15) is 26.2 Å². The Hall–Kier alpha value is -1.88. The number of hydrogen-bond acceptors (Lipinski definition) is 4. The number of anilines is 1. The summed E-state index contributed by atoms with van der Waals surface area (Å²) in [6.07, 6.45) is 2.38. The van der Waals surface area contributed by atoms with E-state index < -0.39 is 0 Å². The van der Waals surface area contributed by atoms with Crippen LogP contribution in [0.5, 0.6) is 5.75 Å². The number of benzene rings is 1. The van der Waals surface area contributed by atoms with Crippen molar-refractivity contribution in [3.63, 3.8) is 0 Å². The van der Waals surface area contributed by atoms with Crippen LogP contribution < -0.4 is 15.5 Å². The molecule has 1 aromatic carbocycles. The first kappa shape index (κ1) is 14.5. The Morgan fingerprint density at radius 2 is 2.25 bits per heavy atom. The molecule has 5 heteroatoms. The number of ether oxygens (including phenoxy) is 1. The smallest absolute Gasteiger partial charge is 0.256 e. The van der Waals surface area contributed by atoms with E-state index >= 15 is 0 Å². The van der Waals surface area contributed by atoms with Gasteiger partial charge in [-0.25, -0.2) is 5.01 Å². The van der Waals surface area contributed by atoms with E-state index in [4.69, 9.17) is 10.5 Å². The lowest BCUT2D eigenvalue weighted by molar-refractivity contribution is -0.119. The normalized spacial score (nSPS) is 18.4. The first-order chi connectivity index (χ1) is 9.71. The SMILES string of the molecule is CCC1=NN(c2cccc(OC)c2)C(=O)C1CCCN. The molecule has 0 aliphatic carbocycles. The van der Waals surface area contributed by atoms with Crippen molar-refractivity contribution < 1.29 is 9.53 Å². The summed E-state index contributed by atoms with van der Waals surface area (Å²) in [5, 5.41) is 5.96. The van der Waals surface area contributed by atoms with Crippen molar-refractivity contribution in [2.75, 3.05) is 18.7 Å². The van der Waals surface area contributed by atoms with E-state index in [0.717, 1.165) is 30.7 Å². The van der Waals surface area contributed by atoms with Gasteiger partial charge in [0.15, 0.2) is 0 Å². The minimum atomic E-state index is -0.130. The van der Waals surface area contributed by atoms with Crippen LogP contribution in [0.15, 0.2) is 29.4 Å². The summed E-state index contributed by atoms with van der Waals surface area (Å²) in [5.74, 6) is 0.618. The van der Waals surface area contributed by atoms with Crippen LogP contribution in [0.4, 0.5) is 5.69 Å². The molecule has 1 atom stereocenters. The monoisotopic (exact) mass is 275 g/mol. The van der Waals surface area contributed by atoms with Crippen molar-refractivity contribution in [1.29, 1.82) is 0 Å². The van der Waals surface area contributed by atoms with Gasteiger partial charge in [0.05, 0.1) is 24.4 Å². The third-order valence-corrected chi connectivity index (χ3v) is 3.49. The van der Waals surface area contributed by atoms with Gasteiger partial charge in [0.25, 0.3) is 5.91 Å². The molecule has 108 valence electrons. The van der Waals surface area contributed by atoms with E-state index in [2.05, 4.69) is 5.10 Å². The van der Waals surface area contributed by atoms with Crippen LogP contribution in [-0.2, 0) is 4.79 Å². The quantitative estimate of drug-likeness (QED) is 0.865. The van der Waals surface area contributed by atoms with E-state index in [1.54, 1.807) is 7.11 Å². The van der Waals surface area contributed by atoms with Gasteiger partial charge in [-0.2, -0.15) is 5.10 Å². The van der Waals surface area contributed by atoms with Gasteiger partial charge in [0, 0.05) is 6.07 Å². The summed E-state index contributed by atoms with van der Waals surface area (Å²) in [4.78, 5) is 12.5. The molecule has 1 unspecified atom stereocenters. The Morgan fingerprint density at radius 3 is 2.90 bits per heavy atom. The fourth-order valence-corrected chi connectivity index (χ4v) is 2.39. The van der Waals surface area contributed by atoms with Gasteiger partial charge >= 0.3 is 0 Å². The van der Waals surface area contributed by atoms with E-state index in [-0.39, 0.29) is 11.8 Å². The van der Waals surface area contributed by atoms with Crippen LogP contribution in [0.25, 0.3) is 0 Å². The molecule has 2 N–H and O–H groups in total. The zero-order valence-corrected chi connectivity index (χ0v) is 12.0. The molecule has 20 heavy (non-hydrogen) atoms. The summed E-state index contributed by atoms with van der Waals surface area (Å²) in [7, 11) is 1.61. The molecule has 1 aliphatic rings. The maximum absolute atomic E-state index is 12.5. The molecule has 0 bridgehead atoms. The average molecular weight is 275 g/mol. The Labute approximate surface area is 119 Å². The Kier molecular flexibility index (Phi) is 4.74. The number of carbonyl (C=O) groups excluding carboxylic acids is 1. The number of rotatable bonds is 6. The highest BCUT2D eigenvalue weighted by atomic mass is 16.5. The molecule has 0 spiro atoms. The lowest BCUT2D eigenvalue weighted by Gasteiger charge is -2.15. The van der Waals surface area contributed by atoms with Crippen molar-refractivity contribution in [1.82, 2.24) is 0 Å². The number of hydrogen-bond donors (Lipinski definition) is 1. The predicted molar refractivity (Wildman–Crippen MR) is 80.0 cm³/mol. The van der Waals surface area contributed by atoms with E-state index in [1.807, 2.05) is 31.2 Å². The van der Waals surface area contributed by atoms with Crippen LogP contribution in [0.2, 0.25) is 0 Å². The molecule has 1 heterocycles. The lowest BCUT2D eigenvalue weighted by Crippen LogP contribution is -2.27. The zero-order valence-electron chi connectivity index (χ0n) is 12.0. The van der Waals surface area contributed by atoms with E-state index in [9.17, 15) is 4.79 Å². The summed E-state index contributed by atoms with van der Waals surface area (Å²) < 4.78 is 5.19. The number of carbonyl (C=O) groups is 1. The first-order valence-corrected chi connectivity index (χ1v) is 6.96. The van der Waals surface area contributed by atoms with Crippen molar-refractivity contribution in [2.24, 2.45) is 16.8 Å².